The number of carbonyl (C=O) groups excluding carboxylic acids is 1. The van der Waals surface area contributed by atoms with E-state index in [2.05, 4.69) is 27.5 Å². The van der Waals surface area contributed by atoms with Gasteiger partial charge in [0, 0.05) is 37.0 Å². The molecule has 0 unspecified atom stereocenters. The Morgan fingerprint density at radius 1 is 1.38 bits per heavy atom. The summed E-state index contributed by atoms with van der Waals surface area (Å²) >= 11 is 1.72. The van der Waals surface area contributed by atoms with Crippen molar-refractivity contribution in [2.75, 3.05) is 20.1 Å². The van der Waals surface area contributed by atoms with Gasteiger partial charge in [-0.2, -0.15) is 0 Å². The molecule has 0 atom stereocenters. The summed E-state index contributed by atoms with van der Waals surface area (Å²) < 4.78 is 0. The number of rotatable bonds is 4. The molecule has 0 aliphatic carbocycles. The second-order valence-corrected chi connectivity index (χ2v) is 7.86. The highest BCUT2D eigenvalue weighted by atomic mass is 32.1. The minimum atomic E-state index is 0.0779. The zero-order valence-electron chi connectivity index (χ0n) is 15.3. The summed E-state index contributed by atoms with van der Waals surface area (Å²) in [7, 11) is 1.78. The Labute approximate surface area is 148 Å². The lowest BCUT2D eigenvalue weighted by Gasteiger charge is -2.34. The van der Waals surface area contributed by atoms with Crippen LogP contribution in [0, 0.1) is 19.8 Å². The molecule has 134 valence electrons. The third-order valence-corrected chi connectivity index (χ3v) is 5.42. The van der Waals surface area contributed by atoms with Crippen LogP contribution in [0.15, 0.2) is 4.99 Å². The van der Waals surface area contributed by atoms with Crippen LogP contribution in [0.1, 0.15) is 42.3 Å². The van der Waals surface area contributed by atoms with Crippen LogP contribution in [0.4, 0.5) is 0 Å². The summed E-state index contributed by atoms with van der Waals surface area (Å²) in [4.78, 5) is 24.1. The smallest absolute Gasteiger partial charge is 0.225 e. The summed E-state index contributed by atoms with van der Waals surface area (Å²) in [5.74, 6) is 1.13. The van der Waals surface area contributed by atoms with Crippen molar-refractivity contribution >= 4 is 23.2 Å². The fraction of sp³-hybridized carbons (Fsp3) is 0.706. The molecular weight excluding hydrogens is 322 g/mol. The molecular formula is C17H29N5OS. The first kappa shape index (κ1) is 18.7. The van der Waals surface area contributed by atoms with Gasteiger partial charge in [-0.05, 0) is 26.7 Å². The van der Waals surface area contributed by atoms with Gasteiger partial charge < -0.3 is 15.5 Å². The molecule has 0 radical (unpaired) electrons. The van der Waals surface area contributed by atoms with Crippen LogP contribution in [0.2, 0.25) is 0 Å². The molecule has 1 aliphatic heterocycles. The van der Waals surface area contributed by atoms with E-state index in [1.807, 2.05) is 25.7 Å². The van der Waals surface area contributed by atoms with E-state index >= 15 is 0 Å². The first-order valence-electron chi connectivity index (χ1n) is 8.59. The molecule has 1 aromatic rings. The van der Waals surface area contributed by atoms with E-state index in [9.17, 15) is 4.79 Å². The van der Waals surface area contributed by atoms with Gasteiger partial charge in [-0.15, -0.1) is 11.3 Å². The van der Waals surface area contributed by atoms with Crippen molar-refractivity contribution in [3.63, 3.8) is 0 Å². The van der Waals surface area contributed by atoms with E-state index in [-0.39, 0.29) is 11.8 Å². The van der Waals surface area contributed by atoms with Crippen molar-refractivity contribution < 1.29 is 4.79 Å². The second kappa shape index (κ2) is 8.46. The van der Waals surface area contributed by atoms with Gasteiger partial charge in [-0.1, -0.05) is 13.8 Å². The summed E-state index contributed by atoms with van der Waals surface area (Å²) in [6.45, 7) is 10.4. The lowest BCUT2D eigenvalue weighted by atomic mass is 10.0. The standard InChI is InChI=1S/C17H29N5OS/c1-11(2)16(23)22-8-6-14(7-9-22)21-17(18-5)19-10-15-20-12(3)13(4)24-15/h11,14H,6-10H2,1-5H3,(H2,18,19,21). The van der Waals surface area contributed by atoms with E-state index in [1.165, 1.54) is 4.88 Å². The highest BCUT2D eigenvalue weighted by Crippen LogP contribution is 2.16. The van der Waals surface area contributed by atoms with Crippen molar-refractivity contribution in [2.24, 2.45) is 10.9 Å². The van der Waals surface area contributed by atoms with Crippen LogP contribution < -0.4 is 10.6 Å². The number of carbonyl (C=O) groups is 1. The number of amides is 1. The fourth-order valence-electron chi connectivity index (χ4n) is 2.77. The van der Waals surface area contributed by atoms with E-state index in [0.717, 1.165) is 42.6 Å². The van der Waals surface area contributed by atoms with Gasteiger partial charge in [0.15, 0.2) is 5.96 Å². The maximum Gasteiger partial charge on any atom is 0.225 e. The average Bonchev–Trinajstić information content (AvgIpc) is 2.89. The van der Waals surface area contributed by atoms with Crippen molar-refractivity contribution in [1.82, 2.24) is 20.5 Å². The first-order chi connectivity index (χ1) is 11.4. The van der Waals surface area contributed by atoms with Gasteiger partial charge in [0.2, 0.25) is 5.91 Å². The van der Waals surface area contributed by atoms with Crippen molar-refractivity contribution in [3.05, 3.63) is 15.6 Å². The maximum absolute atomic E-state index is 12.0. The van der Waals surface area contributed by atoms with Gasteiger partial charge in [-0.3, -0.25) is 9.79 Å². The number of hydrogen-bond acceptors (Lipinski definition) is 4. The third-order valence-electron chi connectivity index (χ3n) is 4.34. The number of hydrogen-bond donors (Lipinski definition) is 2. The summed E-state index contributed by atoms with van der Waals surface area (Å²) in [5, 5.41) is 7.87. The largest absolute Gasteiger partial charge is 0.354 e. The number of thiazole rings is 1. The van der Waals surface area contributed by atoms with Crippen molar-refractivity contribution in [2.45, 2.75) is 53.1 Å². The summed E-state index contributed by atoms with van der Waals surface area (Å²) in [5.41, 5.74) is 1.10. The fourth-order valence-corrected chi connectivity index (χ4v) is 3.65. The molecule has 0 spiro atoms. The SMILES string of the molecule is CN=C(NCc1nc(C)c(C)s1)NC1CCN(C(=O)C(C)C)CC1. The van der Waals surface area contributed by atoms with Crippen LogP contribution in [0.3, 0.4) is 0 Å². The molecule has 0 saturated carbocycles. The highest BCUT2D eigenvalue weighted by Gasteiger charge is 2.24. The Bertz CT molecular complexity index is 568. The minimum Gasteiger partial charge on any atom is -0.354 e. The van der Waals surface area contributed by atoms with Crippen LogP contribution in [0.25, 0.3) is 0 Å². The van der Waals surface area contributed by atoms with Crippen LogP contribution in [-0.4, -0.2) is 47.9 Å². The molecule has 6 nitrogen and oxygen atoms in total. The number of aromatic nitrogens is 1. The molecule has 1 aromatic heterocycles. The maximum atomic E-state index is 12.0. The zero-order valence-corrected chi connectivity index (χ0v) is 16.2. The van der Waals surface area contributed by atoms with Crippen LogP contribution in [-0.2, 0) is 11.3 Å². The third kappa shape index (κ3) is 4.93. The Morgan fingerprint density at radius 2 is 2.04 bits per heavy atom. The van der Waals surface area contributed by atoms with E-state index < -0.39 is 0 Å². The number of piperidine rings is 1. The van der Waals surface area contributed by atoms with E-state index in [1.54, 1.807) is 18.4 Å². The van der Waals surface area contributed by atoms with Gasteiger partial charge in [0.25, 0.3) is 0 Å². The predicted molar refractivity (Wildman–Crippen MR) is 99.4 cm³/mol. The molecule has 0 aromatic carbocycles. The Balaban J connectivity index is 1.78. The number of likely N-dealkylation sites (tertiary alicyclic amines) is 1. The minimum absolute atomic E-state index is 0.0779. The Hall–Kier alpha value is -1.63. The van der Waals surface area contributed by atoms with Crippen molar-refractivity contribution in [3.8, 4) is 0 Å². The topological polar surface area (TPSA) is 69.6 Å². The molecule has 1 aliphatic rings. The first-order valence-corrected chi connectivity index (χ1v) is 9.41. The molecule has 2 N–H and O–H groups in total. The van der Waals surface area contributed by atoms with E-state index in [4.69, 9.17) is 0 Å². The molecule has 1 saturated heterocycles. The molecule has 1 fully saturated rings. The normalized spacial score (nSPS) is 16.6. The number of nitrogens with one attached hydrogen (secondary N) is 2. The summed E-state index contributed by atoms with van der Waals surface area (Å²) in [6.07, 6.45) is 1.91. The molecule has 0 bridgehead atoms. The predicted octanol–water partition coefficient (Wildman–Crippen LogP) is 2.07. The average molecular weight is 352 g/mol. The van der Waals surface area contributed by atoms with Gasteiger partial charge in [0.05, 0.1) is 12.2 Å². The van der Waals surface area contributed by atoms with E-state index in [0.29, 0.717) is 12.6 Å². The second-order valence-electron chi connectivity index (χ2n) is 6.57. The quantitative estimate of drug-likeness (QED) is 0.644. The monoisotopic (exact) mass is 351 g/mol. The lowest BCUT2D eigenvalue weighted by molar-refractivity contribution is -0.135. The Kier molecular flexibility index (Phi) is 6.60. The molecule has 2 heterocycles. The van der Waals surface area contributed by atoms with Gasteiger partial charge >= 0.3 is 0 Å². The lowest BCUT2D eigenvalue weighted by Crippen LogP contribution is -2.50. The molecule has 1 amide bonds. The van der Waals surface area contributed by atoms with Crippen LogP contribution >= 0.6 is 11.3 Å². The summed E-state index contributed by atoms with van der Waals surface area (Å²) in [6, 6.07) is 0.354. The van der Waals surface area contributed by atoms with Gasteiger partial charge in [0.1, 0.15) is 5.01 Å². The van der Waals surface area contributed by atoms with Gasteiger partial charge in [-0.25, -0.2) is 4.98 Å². The molecule has 24 heavy (non-hydrogen) atoms. The molecule has 2 rings (SSSR count). The number of guanidine groups is 1. The number of aliphatic imine (C=N–C) groups is 1. The molecule has 7 heteroatoms. The number of nitrogens with zero attached hydrogens (tertiary/aromatic N) is 3. The van der Waals surface area contributed by atoms with Crippen LogP contribution in [0.5, 0.6) is 0 Å². The van der Waals surface area contributed by atoms with Crippen molar-refractivity contribution in [1.29, 1.82) is 0 Å². The number of aryl methyl sites for hydroxylation is 2. The zero-order chi connectivity index (χ0) is 17.7. The Morgan fingerprint density at radius 3 is 2.54 bits per heavy atom. The highest BCUT2D eigenvalue weighted by molar-refractivity contribution is 7.11.